The number of carbonyl (C=O) groups is 1. The van der Waals surface area contributed by atoms with Gasteiger partial charge in [0.15, 0.2) is 0 Å². The van der Waals surface area contributed by atoms with Crippen molar-refractivity contribution < 1.29 is 9.90 Å². The monoisotopic (exact) mass is 310 g/mol. The van der Waals surface area contributed by atoms with Gasteiger partial charge in [0.25, 0.3) is 0 Å². The maximum atomic E-state index is 11.5. The normalized spacial score (nSPS) is 16.4. The van der Waals surface area contributed by atoms with Crippen LogP contribution in [0, 0.1) is 0 Å². The van der Waals surface area contributed by atoms with Crippen LogP contribution in [-0.4, -0.2) is 54.1 Å². The summed E-state index contributed by atoms with van der Waals surface area (Å²) in [5.41, 5.74) is 3.48. The van der Waals surface area contributed by atoms with E-state index >= 15 is 0 Å². The number of hydrogen-bond acceptors (Lipinski definition) is 3. The molecule has 0 aromatic heterocycles. The number of carboxylic acid groups (broad SMARTS) is 1. The van der Waals surface area contributed by atoms with Gasteiger partial charge < -0.3 is 10.0 Å². The van der Waals surface area contributed by atoms with Crippen molar-refractivity contribution >= 4 is 5.97 Å². The van der Waals surface area contributed by atoms with Crippen LogP contribution < -0.4 is 0 Å². The molecule has 0 spiro atoms. The van der Waals surface area contributed by atoms with Crippen molar-refractivity contribution in [1.29, 1.82) is 0 Å². The molecule has 2 aromatic carbocycles. The summed E-state index contributed by atoms with van der Waals surface area (Å²) >= 11 is 0. The van der Waals surface area contributed by atoms with Crippen molar-refractivity contribution in [1.82, 2.24) is 9.80 Å². The predicted octanol–water partition coefficient (Wildman–Crippen LogP) is 2.80. The van der Waals surface area contributed by atoms with Crippen molar-refractivity contribution in [2.75, 3.05) is 33.2 Å². The molecular formula is C19H22N2O2. The lowest BCUT2D eigenvalue weighted by molar-refractivity contribution is 0.0693. The van der Waals surface area contributed by atoms with Gasteiger partial charge in [-0.2, -0.15) is 0 Å². The zero-order chi connectivity index (χ0) is 16.2. The van der Waals surface area contributed by atoms with E-state index in [4.69, 9.17) is 0 Å². The van der Waals surface area contributed by atoms with Gasteiger partial charge in [-0.05, 0) is 35.9 Å². The summed E-state index contributed by atoms with van der Waals surface area (Å²) in [6, 6.07) is 15.7. The van der Waals surface area contributed by atoms with E-state index in [1.165, 1.54) is 0 Å². The highest BCUT2D eigenvalue weighted by atomic mass is 16.4. The molecule has 0 bridgehead atoms. The molecule has 1 N–H and O–H groups in total. The zero-order valence-corrected chi connectivity index (χ0v) is 13.4. The average Bonchev–Trinajstić information content (AvgIpc) is 2.57. The van der Waals surface area contributed by atoms with Crippen molar-refractivity contribution in [2.24, 2.45) is 0 Å². The fourth-order valence-electron chi connectivity index (χ4n) is 2.99. The fourth-order valence-corrected chi connectivity index (χ4v) is 2.99. The number of hydrogen-bond donors (Lipinski definition) is 1. The predicted molar refractivity (Wildman–Crippen MR) is 91.6 cm³/mol. The number of rotatable bonds is 4. The Balaban J connectivity index is 1.88. The molecule has 4 nitrogen and oxygen atoms in total. The molecule has 3 rings (SSSR count). The Kier molecular flexibility index (Phi) is 4.74. The van der Waals surface area contributed by atoms with Crippen LogP contribution in [0.5, 0.6) is 0 Å². The summed E-state index contributed by atoms with van der Waals surface area (Å²) in [6.07, 6.45) is 0. The topological polar surface area (TPSA) is 43.8 Å². The van der Waals surface area contributed by atoms with Crippen LogP contribution in [0.4, 0.5) is 0 Å². The van der Waals surface area contributed by atoms with E-state index in [0.717, 1.165) is 42.9 Å². The third kappa shape index (κ3) is 3.78. The molecule has 1 aliphatic rings. The molecule has 0 saturated carbocycles. The quantitative estimate of drug-likeness (QED) is 0.943. The highest BCUT2D eigenvalue weighted by Gasteiger charge is 2.18. The number of likely N-dealkylation sites (N-methyl/N-ethyl adjacent to an activating group) is 1. The third-order valence-corrected chi connectivity index (χ3v) is 4.43. The van der Waals surface area contributed by atoms with Crippen LogP contribution in [0.25, 0.3) is 11.1 Å². The van der Waals surface area contributed by atoms with Crippen molar-refractivity contribution in [3.05, 3.63) is 59.7 Å². The van der Waals surface area contributed by atoms with E-state index in [1.807, 2.05) is 30.3 Å². The Hall–Kier alpha value is -2.17. The standard InChI is InChI=1S/C19H22N2O2/c1-20-9-11-21(12-10-20)14-17-13-16(7-8-18(17)19(22)23)15-5-3-2-4-6-15/h2-8,13H,9-12,14H2,1H3,(H,22,23). The van der Waals surface area contributed by atoms with Crippen LogP contribution in [0.3, 0.4) is 0 Å². The van der Waals surface area contributed by atoms with Crippen molar-refractivity contribution in [3.8, 4) is 11.1 Å². The summed E-state index contributed by atoms with van der Waals surface area (Å²) in [5, 5.41) is 9.47. The van der Waals surface area contributed by atoms with Crippen molar-refractivity contribution in [3.63, 3.8) is 0 Å². The molecule has 1 aliphatic heterocycles. The van der Waals surface area contributed by atoms with Gasteiger partial charge in [-0.3, -0.25) is 4.90 Å². The minimum Gasteiger partial charge on any atom is -0.478 e. The lowest BCUT2D eigenvalue weighted by Crippen LogP contribution is -2.44. The Morgan fingerprint density at radius 1 is 1.00 bits per heavy atom. The Morgan fingerprint density at radius 3 is 2.35 bits per heavy atom. The van der Waals surface area contributed by atoms with E-state index in [1.54, 1.807) is 6.07 Å². The SMILES string of the molecule is CN1CCN(Cc2cc(-c3ccccc3)ccc2C(=O)O)CC1. The number of carboxylic acids is 1. The Morgan fingerprint density at radius 2 is 1.70 bits per heavy atom. The first-order chi connectivity index (χ1) is 11.1. The second kappa shape index (κ2) is 6.94. The Labute approximate surface area is 137 Å². The molecule has 1 saturated heterocycles. The summed E-state index contributed by atoms with van der Waals surface area (Å²) in [6.45, 7) is 4.70. The number of piperazine rings is 1. The van der Waals surface area contributed by atoms with Crippen LogP contribution in [0.1, 0.15) is 15.9 Å². The molecule has 0 atom stereocenters. The van der Waals surface area contributed by atoms with Gasteiger partial charge in [-0.25, -0.2) is 4.79 Å². The fraction of sp³-hybridized carbons (Fsp3) is 0.316. The summed E-state index contributed by atoms with van der Waals surface area (Å²) < 4.78 is 0. The summed E-state index contributed by atoms with van der Waals surface area (Å²) in [7, 11) is 2.12. The van der Waals surface area contributed by atoms with E-state index in [9.17, 15) is 9.90 Å². The van der Waals surface area contributed by atoms with Gasteiger partial charge in [-0.1, -0.05) is 36.4 Å². The molecule has 0 unspecified atom stereocenters. The van der Waals surface area contributed by atoms with E-state index in [2.05, 4.69) is 29.0 Å². The van der Waals surface area contributed by atoms with E-state index < -0.39 is 5.97 Å². The molecule has 1 heterocycles. The van der Waals surface area contributed by atoms with Gasteiger partial charge in [0.2, 0.25) is 0 Å². The summed E-state index contributed by atoms with van der Waals surface area (Å²) in [5.74, 6) is -0.853. The van der Waals surface area contributed by atoms with Crippen LogP contribution in [-0.2, 0) is 6.54 Å². The van der Waals surface area contributed by atoms with E-state index in [0.29, 0.717) is 12.1 Å². The molecule has 0 radical (unpaired) electrons. The van der Waals surface area contributed by atoms with Gasteiger partial charge in [0.1, 0.15) is 0 Å². The second-order valence-electron chi connectivity index (χ2n) is 6.12. The number of aromatic carboxylic acids is 1. The maximum absolute atomic E-state index is 11.5. The van der Waals surface area contributed by atoms with Gasteiger partial charge >= 0.3 is 5.97 Å². The highest BCUT2D eigenvalue weighted by Crippen LogP contribution is 2.24. The molecule has 2 aromatic rings. The lowest BCUT2D eigenvalue weighted by atomic mass is 9.98. The zero-order valence-electron chi connectivity index (χ0n) is 13.4. The average molecular weight is 310 g/mol. The molecule has 0 aliphatic carbocycles. The molecule has 1 fully saturated rings. The van der Waals surface area contributed by atoms with Crippen LogP contribution in [0.15, 0.2) is 48.5 Å². The van der Waals surface area contributed by atoms with Crippen LogP contribution >= 0.6 is 0 Å². The molecule has 120 valence electrons. The smallest absolute Gasteiger partial charge is 0.336 e. The van der Waals surface area contributed by atoms with Gasteiger partial charge in [-0.15, -0.1) is 0 Å². The first-order valence-electron chi connectivity index (χ1n) is 7.96. The lowest BCUT2D eigenvalue weighted by Gasteiger charge is -2.32. The van der Waals surface area contributed by atoms with Crippen molar-refractivity contribution in [2.45, 2.75) is 6.54 Å². The minimum atomic E-state index is -0.853. The van der Waals surface area contributed by atoms with Crippen LogP contribution in [0.2, 0.25) is 0 Å². The maximum Gasteiger partial charge on any atom is 0.336 e. The first kappa shape index (κ1) is 15.7. The highest BCUT2D eigenvalue weighted by molar-refractivity contribution is 5.90. The molecule has 23 heavy (non-hydrogen) atoms. The molecule has 4 heteroatoms. The minimum absolute atomic E-state index is 0.406. The number of benzene rings is 2. The first-order valence-corrected chi connectivity index (χ1v) is 7.96. The second-order valence-corrected chi connectivity index (χ2v) is 6.12. The van der Waals surface area contributed by atoms with E-state index in [-0.39, 0.29) is 0 Å². The Bertz CT molecular complexity index is 677. The van der Waals surface area contributed by atoms with Gasteiger partial charge in [0, 0.05) is 32.7 Å². The molecule has 0 amide bonds. The number of nitrogens with zero attached hydrogens (tertiary/aromatic N) is 2. The third-order valence-electron chi connectivity index (χ3n) is 4.43. The van der Waals surface area contributed by atoms with Gasteiger partial charge in [0.05, 0.1) is 5.56 Å². The summed E-state index contributed by atoms with van der Waals surface area (Å²) in [4.78, 5) is 16.2. The largest absolute Gasteiger partial charge is 0.478 e. The molecular weight excluding hydrogens is 288 g/mol.